The molecule has 4 heteroatoms. The van der Waals surface area contributed by atoms with Crippen molar-refractivity contribution >= 4 is 11.6 Å². The Labute approximate surface area is 119 Å². The topological polar surface area (TPSA) is 58.6 Å². The van der Waals surface area contributed by atoms with Crippen molar-refractivity contribution in [3.8, 4) is 0 Å². The molecule has 0 radical (unpaired) electrons. The zero-order valence-electron chi connectivity index (χ0n) is 12.1. The van der Waals surface area contributed by atoms with Gasteiger partial charge in [0.15, 0.2) is 0 Å². The molecule has 2 heterocycles. The van der Waals surface area contributed by atoms with Crippen LogP contribution in [-0.2, 0) is 14.9 Å². The molecule has 0 aliphatic carbocycles. The van der Waals surface area contributed by atoms with Crippen molar-refractivity contribution in [2.75, 3.05) is 5.32 Å². The summed E-state index contributed by atoms with van der Waals surface area (Å²) in [5, 5.41) is 13.4. The van der Waals surface area contributed by atoms with E-state index in [-0.39, 0.29) is 18.1 Å². The average Bonchev–Trinajstić information content (AvgIpc) is 2.92. The number of hydrogen-bond donors (Lipinski definition) is 2. The number of rotatable bonds is 2. The minimum atomic E-state index is -0.628. The average molecular weight is 275 g/mol. The van der Waals surface area contributed by atoms with Gasteiger partial charge in [-0.3, -0.25) is 4.79 Å². The van der Waals surface area contributed by atoms with E-state index in [2.05, 4.69) is 5.32 Å². The van der Waals surface area contributed by atoms with Gasteiger partial charge in [-0.2, -0.15) is 0 Å². The number of hydrogen-bond acceptors (Lipinski definition) is 3. The lowest BCUT2D eigenvalue weighted by Crippen LogP contribution is -2.27. The minimum Gasteiger partial charge on any atom is -0.386 e. The molecular weight excluding hydrogens is 254 g/mol. The summed E-state index contributed by atoms with van der Waals surface area (Å²) in [6.07, 6.45) is 1.30. The molecule has 3 atom stereocenters. The number of carbonyl (C=O) groups is 1. The van der Waals surface area contributed by atoms with Gasteiger partial charge in [0.05, 0.1) is 17.6 Å². The van der Waals surface area contributed by atoms with Crippen LogP contribution in [0.25, 0.3) is 0 Å². The maximum atomic E-state index is 11.9. The van der Waals surface area contributed by atoms with E-state index in [9.17, 15) is 9.90 Å². The number of aliphatic hydroxyl groups excluding tert-OH is 1. The molecule has 2 N–H and O–H groups in total. The standard InChI is InChI=1S/C16H21NO3/c1-9-4-7-13(20-9)14(18)10-5-6-12-11(8-10)16(2,3)15(19)17-12/h5-6,8-9,13-14,18H,4,7H2,1-3H3,(H,17,19). The van der Waals surface area contributed by atoms with Gasteiger partial charge in [-0.05, 0) is 56.9 Å². The van der Waals surface area contributed by atoms with Gasteiger partial charge in [-0.15, -0.1) is 0 Å². The minimum absolute atomic E-state index is 0.00452. The van der Waals surface area contributed by atoms with Crippen LogP contribution in [0.2, 0.25) is 0 Å². The molecular formula is C16H21NO3. The van der Waals surface area contributed by atoms with E-state index in [1.54, 1.807) is 0 Å². The number of benzene rings is 1. The summed E-state index contributed by atoms with van der Waals surface area (Å²) in [7, 11) is 0. The molecule has 1 fully saturated rings. The van der Waals surface area contributed by atoms with E-state index in [1.807, 2.05) is 39.0 Å². The molecule has 2 aliphatic rings. The third kappa shape index (κ3) is 2.03. The Hall–Kier alpha value is -1.39. The number of ether oxygens (including phenoxy) is 1. The number of fused-ring (bicyclic) bond motifs is 1. The first-order chi connectivity index (χ1) is 9.39. The zero-order chi connectivity index (χ0) is 14.5. The fourth-order valence-corrected chi connectivity index (χ4v) is 3.05. The molecule has 108 valence electrons. The Morgan fingerprint density at radius 1 is 1.40 bits per heavy atom. The molecule has 3 rings (SSSR count). The van der Waals surface area contributed by atoms with Crippen LogP contribution in [0.5, 0.6) is 0 Å². The van der Waals surface area contributed by atoms with Crippen molar-refractivity contribution in [1.29, 1.82) is 0 Å². The van der Waals surface area contributed by atoms with Crippen LogP contribution >= 0.6 is 0 Å². The lowest BCUT2D eigenvalue weighted by Gasteiger charge is -2.21. The summed E-state index contributed by atoms with van der Waals surface area (Å²) in [4.78, 5) is 11.9. The molecule has 1 amide bonds. The lowest BCUT2D eigenvalue weighted by molar-refractivity contribution is -0.119. The number of aliphatic hydroxyl groups is 1. The largest absolute Gasteiger partial charge is 0.386 e. The molecule has 0 spiro atoms. The van der Waals surface area contributed by atoms with Crippen LogP contribution in [0.4, 0.5) is 5.69 Å². The second-order valence-corrected chi connectivity index (χ2v) is 6.39. The van der Waals surface area contributed by atoms with Crippen LogP contribution in [0.3, 0.4) is 0 Å². The first-order valence-corrected chi connectivity index (χ1v) is 7.19. The van der Waals surface area contributed by atoms with Gasteiger partial charge in [0.1, 0.15) is 6.10 Å². The first kappa shape index (κ1) is 13.6. The summed E-state index contributed by atoms with van der Waals surface area (Å²) in [6.45, 7) is 5.83. The summed E-state index contributed by atoms with van der Waals surface area (Å²) >= 11 is 0. The fourth-order valence-electron chi connectivity index (χ4n) is 3.05. The quantitative estimate of drug-likeness (QED) is 0.872. The Balaban J connectivity index is 1.90. The third-order valence-electron chi connectivity index (χ3n) is 4.49. The summed E-state index contributed by atoms with van der Waals surface area (Å²) in [6, 6.07) is 5.68. The third-order valence-corrected chi connectivity index (χ3v) is 4.49. The molecule has 0 bridgehead atoms. The predicted molar refractivity (Wildman–Crippen MR) is 76.6 cm³/mol. The van der Waals surface area contributed by atoms with Crippen molar-refractivity contribution in [1.82, 2.24) is 0 Å². The Morgan fingerprint density at radius 2 is 2.15 bits per heavy atom. The fraction of sp³-hybridized carbons (Fsp3) is 0.562. The number of carbonyl (C=O) groups excluding carboxylic acids is 1. The van der Waals surface area contributed by atoms with E-state index in [1.165, 1.54) is 0 Å². The number of anilines is 1. The van der Waals surface area contributed by atoms with Gasteiger partial charge >= 0.3 is 0 Å². The smallest absolute Gasteiger partial charge is 0.234 e. The van der Waals surface area contributed by atoms with Crippen LogP contribution in [0.1, 0.15) is 50.8 Å². The van der Waals surface area contributed by atoms with Crippen molar-refractivity contribution in [2.45, 2.75) is 57.3 Å². The summed E-state index contributed by atoms with van der Waals surface area (Å²) in [5.41, 5.74) is 2.07. The SMILES string of the molecule is CC1CCC(C(O)c2ccc3c(c2)C(C)(C)C(=O)N3)O1. The first-order valence-electron chi connectivity index (χ1n) is 7.19. The second-order valence-electron chi connectivity index (χ2n) is 6.39. The van der Waals surface area contributed by atoms with Crippen LogP contribution in [0.15, 0.2) is 18.2 Å². The lowest BCUT2D eigenvalue weighted by atomic mass is 9.84. The highest BCUT2D eigenvalue weighted by Gasteiger charge is 2.39. The van der Waals surface area contributed by atoms with E-state index in [0.717, 1.165) is 29.7 Å². The monoisotopic (exact) mass is 275 g/mol. The van der Waals surface area contributed by atoms with Crippen molar-refractivity contribution < 1.29 is 14.6 Å². The van der Waals surface area contributed by atoms with Crippen molar-refractivity contribution in [2.24, 2.45) is 0 Å². The molecule has 1 aromatic carbocycles. The Kier molecular flexibility index (Phi) is 3.10. The van der Waals surface area contributed by atoms with Crippen LogP contribution in [0, 0.1) is 0 Å². The van der Waals surface area contributed by atoms with E-state index in [0.29, 0.717) is 0 Å². The van der Waals surface area contributed by atoms with Gasteiger partial charge in [-0.1, -0.05) is 6.07 Å². The molecule has 2 aliphatic heterocycles. The highest BCUT2D eigenvalue weighted by Crippen LogP contribution is 2.40. The normalized spacial score (nSPS) is 29.1. The van der Waals surface area contributed by atoms with Crippen molar-refractivity contribution in [3.63, 3.8) is 0 Å². The maximum Gasteiger partial charge on any atom is 0.234 e. The second kappa shape index (κ2) is 4.57. The van der Waals surface area contributed by atoms with E-state index < -0.39 is 11.5 Å². The Bertz CT molecular complexity index is 553. The maximum absolute atomic E-state index is 11.9. The highest BCUT2D eigenvalue weighted by molar-refractivity contribution is 6.05. The molecule has 1 aromatic rings. The van der Waals surface area contributed by atoms with E-state index >= 15 is 0 Å². The molecule has 20 heavy (non-hydrogen) atoms. The number of amides is 1. The molecule has 1 saturated heterocycles. The van der Waals surface area contributed by atoms with Gasteiger partial charge in [-0.25, -0.2) is 0 Å². The van der Waals surface area contributed by atoms with Gasteiger partial charge in [0.2, 0.25) is 5.91 Å². The van der Waals surface area contributed by atoms with E-state index in [4.69, 9.17) is 4.74 Å². The van der Waals surface area contributed by atoms with Gasteiger partial charge in [0.25, 0.3) is 0 Å². The highest BCUT2D eigenvalue weighted by atomic mass is 16.5. The molecule has 0 aromatic heterocycles. The molecule has 4 nitrogen and oxygen atoms in total. The van der Waals surface area contributed by atoms with Gasteiger partial charge in [0, 0.05) is 5.69 Å². The molecule has 0 saturated carbocycles. The van der Waals surface area contributed by atoms with Gasteiger partial charge < -0.3 is 15.2 Å². The zero-order valence-corrected chi connectivity index (χ0v) is 12.1. The Morgan fingerprint density at radius 3 is 2.80 bits per heavy atom. The summed E-state index contributed by atoms with van der Waals surface area (Å²) in [5.74, 6) is 0.00452. The van der Waals surface area contributed by atoms with Crippen LogP contribution in [-0.4, -0.2) is 23.2 Å². The number of nitrogens with one attached hydrogen (secondary N) is 1. The summed E-state index contributed by atoms with van der Waals surface area (Å²) < 4.78 is 5.74. The molecule has 3 unspecified atom stereocenters. The van der Waals surface area contributed by atoms with Crippen molar-refractivity contribution in [3.05, 3.63) is 29.3 Å². The predicted octanol–water partition coefficient (Wildman–Crippen LogP) is 2.52. The van der Waals surface area contributed by atoms with Crippen LogP contribution < -0.4 is 5.32 Å².